The highest BCUT2D eigenvalue weighted by Crippen LogP contribution is 2.41. The number of carbonyl (C=O) groups is 2. The molecule has 9 nitrogen and oxygen atoms in total. The van der Waals surface area contributed by atoms with Crippen molar-refractivity contribution >= 4 is 17.5 Å². The lowest BCUT2D eigenvalue weighted by molar-refractivity contribution is -0.120. The topological polar surface area (TPSA) is 98.6 Å². The SMILES string of the molecule is CC(=O)NCCC(=O)N1Cc2ccccc2-c2c(nnn2CC(C)(C)OCCC(C)(C)OCC(C)(C)C)-c2ccccc21. The second kappa shape index (κ2) is 13.0. The molecule has 1 aliphatic rings. The van der Waals surface area contributed by atoms with E-state index in [2.05, 4.69) is 70.2 Å². The highest BCUT2D eigenvalue weighted by Gasteiger charge is 2.31. The summed E-state index contributed by atoms with van der Waals surface area (Å²) in [5, 5.41) is 12.0. The minimum atomic E-state index is -0.524. The average molecular weight is 590 g/mol. The molecule has 0 unspecified atom stereocenters. The van der Waals surface area contributed by atoms with Crippen molar-refractivity contribution in [3.8, 4) is 22.5 Å². The number of anilines is 1. The molecular weight excluding hydrogens is 542 g/mol. The van der Waals surface area contributed by atoms with E-state index in [0.717, 1.165) is 40.2 Å². The van der Waals surface area contributed by atoms with E-state index in [-0.39, 0.29) is 35.8 Å². The summed E-state index contributed by atoms with van der Waals surface area (Å²) in [5.41, 5.74) is 4.48. The molecule has 9 heteroatoms. The normalized spacial score (nSPS) is 13.4. The molecule has 2 amide bonds. The second-order valence-electron chi connectivity index (χ2n) is 13.8. The third kappa shape index (κ3) is 8.51. The molecule has 0 saturated carbocycles. The Bertz CT molecular complexity index is 1440. The molecule has 0 fully saturated rings. The van der Waals surface area contributed by atoms with Gasteiger partial charge >= 0.3 is 0 Å². The largest absolute Gasteiger partial charge is 0.375 e. The number of rotatable bonds is 11. The number of benzene rings is 2. The number of para-hydroxylation sites is 1. The van der Waals surface area contributed by atoms with E-state index in [9.17, 15) is 9.59 Å². The zero-order valence-corrected chi connectivity index (χ0v) is 27.0. The van der Waals surface area contributed by atoms with Gasteiger partial charge in [0.25, 0.3) is 0 Å². The van der Waals surface area contributed by atoms with Gasteiger partial charge in [0.15, 0.2) is 0 Å². The zero-order valence-electron chi connectivity index (χ0n) is 27.0. The Kier molecular flexibility index (Phi) is 9.76. The molecule has 0 bridgehead atoms. The fraction of sp³-hybridized carbons (Fsp3) is 0.529. The van der Waals surface area contributed by atoms with E-state index >= 15 is 0 Å². The van der Waals surface area contributed by atoms with Crippen molar-refractivity contribution < 1.29 is 19.1 Å². The van der Waals surface area contributed by atoms with E-state index in [1.54, 1.807) is 4.90 Å². The van der Waals surface area contributed by atoms with Crippen molar-refractivity contribution in [3.05, 3.63) is 54.1 Å². The van der Waals surface area contributed by atoms with E-state index < -0.39 is 5.60 Å². The number of nitrogens with zero attached hydrogens (tertiary/aromatic N) is 4. The summed E-state index contributed by atoms with van der Waals surface area (Å²) >= 11 is 0. The minimum Gasteiger partial charge on any atom is -0.375 e. The van der Waals surface area contributed by atoms with Crippen LogP contribution < -0.4 is 10.2 Å². The molecule has 232 valence electrons. The Morgan fingerprint density at radius 3 is 2.28 bits per heavy atom. The van der Waals surface area contributed by atoms with Crippen molar-refractivity contribution in [1.29, 1.82) is 0 Å². The molecule has 2 heterocycles. The smallest absolute Gasteiger partial charge is 0.229 e. The molecule has 0 spiro atoms. The molecule has 0 atom stereocenters. The van der Waals surface area contributed by atoms with Crippen LogP contribution in [0.3, 0.4) is 0 Å². The maximum absolute atomic E-state index is 13.5. The molecule has 1 aromatic heterocycles. The number of fused-ring (bicyclic) bond motifs is 5. The lowest BCUT2D eigenvalue weighted by Gasteiger charge is -2.32. The Labute approximate surface area is 255 Å². The molecule has 1 aliphatic heterocycles. The van der Waals surface area contributed by atoms with Gasteiger partial charge in [0.2, 0.25) is 11.8 Å². The molecule has 1 N–H and O–H groups in total. The van der Waals surface area contributed by atoms with Gasteiger partial charge in [-0.2, -0.15) is 0 Å². The lowest BCUT2D eigenvalue weighted by atomic mass is 9.95. The first-order valence-electron chi connectivity index (χ1n) is 15.1. The van der Waals surface area contributed by atoms with Crippen LogP contribution in [0.15, 0.2) is 48.5 Å². The monoisotopic (exact) mass is 589 g/mol. The Morgan fingerprint density at radius 2 is 1.58 bits per heavy atom. The molecule has 3 aromatic rings. The lowest BCUT2D eigenvalue weighted by Crippen LogP contribution is -2.36. The summed E-state index contributed by atoms with van der Waals surface area (Å²) in [6.07, 6.45) is 0.961. The van der Waals surface area contributed by atoms with Crippen LogP contribution in [0, 0.1) is 5.41 Å². The molecule has 0 radical (unpaired) electrons. The standard InChI is InChI=1S/C34H47N5O4/c1-24(40)35-19-17-29(41)38-21-25-13-9-10-14-26(25)31-30(27-15-11-12-16-28(27)38)36-37-39(31)22-34(7,8)42-20-18-33(5,6)43-23-32(2,3)4/h9-16H,17-23H2,1-8H3,(H,35,40). The van der Waals surface area contributed by atoms with Gasteiger partial charge in [-0.25, -0.2) is 4.68 Å². The number of aromatic nitrogens is 3. The third-order valence-corrected chi connectivity index (χ3v) is 7.42. The molecule has 0 aliphatic carbocycles. The highest BCUT2D eigenvalue weighted by atomic mass is 16.5. The summed E-state index contributed by atoms with van der Waals surface area (Å²) in [5.74, 6) is -0.229. The number of nitrogens with one attached hydrogen (secondary N) is 1. The maximum Gasteiger partial charge on any atom is 0.229 e. The predicted octanol–water partition coefficient (Wildman–Crippen LogP) is 6.01. The van der Waals surface area contributed by atoms with Gasteiger partial charge in [-0.15, -0.1) is 5.10 Å². The molecule has 43 heavy (non-hydrogen) atoms. The first-order valence-corrected chi connectivity index (χ1v) is 15.1. The first-order chi connectivity index (χ1) is 20.2. The van der Waals surface area contributed by atoms with Crippen molar-refractivity contribution in [2.24, 2.45) is 5.41 Å². The van der Waals surface area contributed by atoms with E-state index in [1.165, 1.54) is 6.92 Å². The van der Waals surface area contributed by atoms with Gasteiger partial charge in [-0.05, 0) is 51.2 Å². The van der Waals surface area contributed by atoms with Crippen LogP contribution >= 0.6 is 0 Å². The van der Waals surface area contributed by atoms with Crippen LogP contribution in [0.2, 0.25) is 0 Å². The maximum atomic E-state index is 13.5. The van der Waals surface area contributed by atoms with Gasteiger partial charge < -0.3 is 19.7 Å². The predicted molar refractivity (Wildman–Crippen MR) is 170 cm³/mol. The quantitative estimate of drug-likeness (QED) is 0.294. The van der Waals surface area contributed by atoms with Gasteiger partial charge in [0.1, 0.15) is 5.69 Å². The number of amides is 2. The van der Waals surface area contributed by atoms with Gasteiger partial charge in [-0.1, -0.05) is 68.4 Å². The summed E-state index contributed by atoms with van der Waals surface area (Å²) in [7, 11) is 0. The van der Waals surface area contributed by atoms with Crippen molar-refractivity contribution in [3.63, 3.8) is 0 Å². The molecule has 2 aromatic carbocycles. The fourth-order valence-corrected chi connectivity index (χ4v) is 5.09. The average Bonchev–Trinajstić information content (AvgIpc) is 3.31. The molecular formula is C34H47N5O4. The Balaban J connectivity index is 1.61. The van der Waals surface area contributed by atoms with Crippen LogP contribution in [0.4, 0.5) is 5.69 Å². The second-order valence-corrected chi connectivity index (χ2v) is 13.8. The van der Waals surface area contributed by atoms with Crippen LogP contribution in [-0.4, -0.2) is 57.8 Å². The van der Waals surface area contributed by atoms with Gasteiger partial charge in [-0.3, -0.25) is 9.59 Å². The summed E-state index contributed by atoms with van der Waals surface area (Å²) in [4.78, 5) is 26.7. The first kappa shape index (κ1) is 32.4. The summed E-state index contributed by atoms with van der Waals surface area (Å²) < 4.78 is 14.5. The van der Waals surface area contributed by atoms with Gasteiger partial charge in [0.05, 0.1) is 48.9 Å². The number of ether oxygens (including phenoxy) is 2. The van der Waals surface area contributed by atoms with Crippen molar-refractivity contribution in [1.82, 2.24) is 20.3 Å². The highest BCUT2D eigenvalue weighted by molar-refractivity contribution is 6.00. The summed E-state index contributed by atoms with van der Waals surface area (Å²) in [6, 6.07) is 15.9. The van der Waals surface area contributed by atoms with Crippen LogP contribution in [-0.2, 0) is 32.2 Å². The molecule has 4 rings (SSSR count). The van der Waals surface area contributed by atoms with Crippen molar-refractivity contribution in [2.75, 3.05) is 24.7 Å². The minimum absolute atomic E-state index is 0.0733. The number of hydrogen-bond donors (Lipinski definition) is 1. The van der Waals surface area contributed by atoms with Crippen LogP contribution in [0.25, 0.3) is 22.5 Å². The van der Waals surface area contributed by atoms with E-state index in [1.807, 2.05) is 47.1 Å². The number of carbonyl (C=O) groups excluding carboxylic acids is 2. The summed E-state index contributed by atoms with van der Waals surface area (Å²) in [6.45, 7) is 18.7. The third-order valence-electron chi connectivity index (χ3n) is 7.42. The van der Waals surface area contributed by atoms with Gasteiger partial charge in [0, 0.05) is 31.0 Å². The van der Waals surface area contributed by atoms with E-state index in [4.69, 9.17) is 9.47 Å². The zero-order chi connectivity index (χ0) is 31.4. The van der Waals surface area contributed by atoms with Crippen LogP contribution in [0.5, 0.6) is 0 Å². The Hall–Kier alpha value is -3.56. The fourth-order valence-electron chi connectivity index (χ4n) is 5.09. The van der Waals surface area contributed by atoms with Crippen LogP contribution in [0.1, 0.15) is 73.8 Å². The Morgan fingerprint density at radius 1 is 0.907 bits per heavy atom. The van der Waals surface area contributed by atoms with Crippen molar-refractivity contribution in [2.45, 2.75) is 92.5 Å². The van der Waals surface area contributed by atoms with E-state index in [0.29, 0.717) is 26.3 Å². The molecule has 0 saturated heterocycles. The number of hydrogen-bond acceptors (Lipinski definition) is 6.